The van der Waals surface area contributed by atoms with Crippen molar-refractivity contribution < 1.29 is 4.74 Å². The molecule has 1 rings (SSSR count). The SMILES string of the molecule is CC(C)C(CN)OCCC1CCCN1C. The second-order valence-corrected chi connectivity index (χ2v) is 4.95. The fraction of sp³-hybridized carbons (Fsp3) is 1.00. The van der Waals surface area contributed by atoms with E-state index in [4.69, 9.17) is 10.5 Å². The molecule has 2 unspecified atom stereocenters. The highest BCUT2D eigenvalue weighted by molar-refractivity contribution is 4.76. The topological polar surface area (TPSA) is 38.5 Å². The highest BCUT2D eigenvalue weighted by atomic mass is 16.5. The molecule has 3 heteroatoms. The molecule has 0 aromatic carbocycles. The quantitative estimate of drug-likeness (QED) is 0.727. The van der Waals surface area contributed by atoms with Crippen LogP contribution < -0.4 is 5.73 Å². The Labute approximate surface area is 94.0 Å². The largest absolute Gasteiger partial charge is 0.377 e. The monoisotopic (exact) mass is 214 g/mol. The van der Waals surface area contributed by atoms with Gasteiger partial charge in [0.05, 0.1) is 6.10 Å². The van der Waals surface area contributed by atoms with Gasteiger partial charge in [-0.15, -0.1) is 0 Å². The van der Waals surface area contributed by atoms with Gasteiger partial charge < -0.3 is 15.4 Å². The number of nitrogens with zero attached hydrogens (tertiary/aromatic N) is 1. The molecule has 15 heavy (non-hydrogen) atoms. The summed E-state index contributed by atoms with van der Waals surface area (Å²) >= 11 is 0. The average molecular weight is 214 g/mol. The maximum Gasteiger partial charge on any atom is 0.0720 e. The van der Waals surface area contributed by atoms with Crippen molar-refractivity contribution in [2.75, 3.05) is 26.7 Å². The summed E-state index contributed by atoms with van der Waals surface area (Å²) in [4.78, 5) is 2.44. The van der Waals surface area contributed by atoms with Crippen molar-refractivity contribution >= 4 is 0 Å². The van der Waals surface area contributed by atoms with Crippen LogP contribution in [0.1, 0.15) is 33.1 Å². The minimum Gasteiger partial charge on any atom is -0.377 e. The van der Waals surface area contributed by atoms with E-state index in [0.29, 0.717) is 12.5 Å². The standard InChI is InChI=1S/C12H26N2O/c1-10(2)12(9-13)15-8-6-11-5-4-7-14(11)3/h10-12H,4-9,13H2,1-3H3. The van der Waals surface area contributed by atoms with Crippen LogP contribution in [0.15, 0.2) is 0 Å². The molecule has 0 aromatic heterocycles. The Hall–Kier alpha value is -0.120. The molecule has 0 bridgehead atoms. The second-order valence-electron chi connectivity index (χ2n) is 4.95. The fourth-order valence-corrected chi connectivity index (χ4v) is 2.23. The van der Waals surface area contributed by atoms with Crippen molar-refractivity contribution in [2.24, 2.45) is 11.7 Å². The van der Waals surface area contributed by atoms with Gasteiger partial charge in [-0.1, -0.05) is 13.8 Å². The van der Waals surface area contributed by atoms with E-state index < -0.39 is 0 Å². The Balaban J connectivity index is 2.14. The molecule has 2 atom stereocenters. The van der Waals surface area contributed by atoms with E-state index in [9.17, 15) is 0 Å². The smallest absolute Gasteiger partial charge is 0.0720 e. The molecular formula is C12H26N2O. The average Bonchev–Trinajstić information content (AvgIpc) is 2.58. The lowest BCUT2D eigenvalue weighted by Crippen LogP contribution is -2.31. The van der Waals surface area contributed by atoms with Gasteiger partial charge >= 0.3 is 0 Å². The molecule has 3 nitrogen and oxygen atoms in total. The summed E-state index contributed by atoms with van der Waals surface area (Å²) in [5, 5.41) is 0. The molecule has 2 N–H and O–H groups in total. The van der Waals surface area contributed by atoms with E-state index in [1.54, 1.807) is 0 Å². The highest BCUT2D eigenvalue weighted by Crippen LogP contribution is 2.18. The van der Waals surface area contributed by atoms with E-state index in [1.807, 2.05) is 0 Å². The van der Waals surface area contributed by atoms with Gasteiger partial charge in [0.1, 0.15) is 0 Å². The van der Waals surface area contributed by atoms with Gasteiger partial charge in [0.25, 0.3) is 0 Å². The molecule has 1 heterocycles. The summed E-state index contributed by atoms with van der Waals surface area (Å²) in [6.45, 7) is 7.07. The van der Waals surface area contributed by atoms with E-state index in [0.717, 1.165) is 19.1 Å². The van der Waals surface area contributed by atoms with Crippen LogP contribution in [0, 0.1) is 5.92 Å². The first-order valence-corrected chi connectivity index (χ1v) is 6.17. The van der Waals surface area contributed by atoms with Crippen LogP contribution in [0.25, 0.3) is 0 Å². The van der Waals surface area contributed by atoms with Crippen molar-refractivity contribution in [1.29, 1.82) is 0 Å². The normalized spacial score (nSPS) is 25.0. The van der Waals surface area contributed by atoms with Crippen LogP contribution in [-0.2, 0) is 4.74 Å². The Morgan fingerprint density at radius 3 is 2.67 bits per heavy atom. The summed E-state index contributed by atoms with van der Waals surface area (Å²) in [7, 11) is 2.21. The number of rotatable bonds is 6. The van der Waals surface area contributed by atoms with Gasteiger partial charge in [0.2, 0.25) is 0 Å². The predicted molar refractivity (Wildman–Crippen MR) is 63.9 cm³/mol. The number of ether oxygens (including phenoxy) is 1. The van der Waals surface area contributed by atoms with Crippen LogP contribution in [-0.4, -0.2) is 43.8 Å². The van der Waals surface area contributed by atoms with Crippen molar-refractivity contribution in [1.82, 2.24) is 4.90 Å². The Bertz CT molecular complexity index is 171. The zero-order valence-corrected chi connectivity index (χ0v) is 10.4. The fourth-order valence-electron chi connectivity index (χ4n) is 2.23. The Morgan fingerprint density at radius 2 is 2.20 bits per heavy atom. The summed E-state index contributed by atoms with van der Waals surface area (Å²) in [5.41, 5.74) is 5.66. The summed E-state index contributed by atoms with van der Waals surface area (Å²) < 4.78 is 5.81. The van der Waals surface area contributed by atoms with Gasteiger partial charge in [-0.3, -0.25) is 0 Å². The van der Waals surface area contributed by atoms with Crippen LogP contribution in [0.5, 0.6) is 0 Å². The third kappa shape index (κ3) is 4.09. The molecule has 0 amide bonds. The predicted octanol–water partition coefficient (Wildman–Crippen LogP) is 1.47. The van der Waals surface area contributed by atoms with Gasteiger partial charge in [0, 0.05) is 19.2 Å². The van der Waals surface area contributed by atoms with Crippen molar-refractivity contribution in [2.45, 2.75) is 45.3 Å². The lowest BCUT2D eigenvalue weighted by Gasteiger charge is -2.23. The van der Waals surface area contributed by atoms with Gasteiger partial charge in [-0.2, -0.15) is 0 Å². The molecule has 0 aliphatic carbocycles. The number of nitrogens with two attached hydrogens (primary N) is 1. The maximum atomic E-state index is 5.81. The molecule has 1 aliphatic rings. The molecule has 1 fully saturated rings. The molecule has 0 aromatic rings. The third-order valence-corrected chi connectivity index (χ3v) is 3.43. The second kappa shape index (κ2) is 6.46. The van der Waals surface area contributed by atoms with E-state index in [2.05, 4.69) is 25.8 Å². The summed E-state index contributed by atoms with van der Waals surface area (Å²) in [6.07, 6.45) is 4.05. The van der Waals surface area contributed by atoms with E-state index in [-0.39, 0.29) is 6.10 Å². The maximum absolute atomic E-state index is 5.81. The molecule has 1 aliphatic heterocycles. The van der Waals surface area contributed by atoms with Crippen LogP contribution in [0.4, 0.5) is 0 Å². The van der Waals surface area contributed by atoms with Crippen LogP contribution in [0.3, 0.4) is 0 Å². The zero-order chi connectivity index (χ0) is 11.3. The first kappa shape index (κ1) is 12.9. The van der Waals surface area contributed by atoms with Gasteiger partial charge in [-0.25, -0.2) is 0 Å². The number of hydrogen-bond donors (Lipinski definition) is 1. The molecular weight excluding hydrogens is 188 g/mol. The van der Waals surface area contributed by atoms with Crippen molar-refractivity contribution in [3.63, 3.8) is 0 Å². The van der Waals surface area contributed by atoms with E-state index >= 15 is 0 Å². The highest BCUT2D eigenvalue weighted by Gasteiger charge is 2.21. The van der Waals surface area contributed by atoms with Crippen LogP contribution >= 0.6 is 0 Å². The van der Waals surface area contributed by atoms with Gasteiger partial charge in [0.15, 0.2) is 0 Å². The van der Waals surface area contributed by atoms with Gasteiger partial charge in [-0.05, 0) is 38.8 Å². The van der Waals surface area contributed by atoms with Crippen molar-refractivity contribution in [3.8, 4) is 0 Å². The Kier molecular flexibility index (Phi) is 5.58. The molecule has 0 saturated carbocycles. The Morgan fingerprint density at radius 1 is 1.47 bits per heavy atom. The molecule has 90 valence electrons. The minimum absolute atomic E-state index is 0.233. The lowest BCUT2D eigenvalue weighted by molar-refractivity contribution is 0.0198. The first-order chi connectivity index (χ1) is 7.15. The summed E-state index contributed by atoms with van der Waals surface area (Å²) in [6, 6.07) is 0.732. The molecule has 1 saturated heterocycles. The summed E-state index contributed by atoms with van der Waals surface area (Å²) in [5.74, 6) is 0.524. The number of likely N-dealkylation sites (tertiary alicyclic amines) is 1. The first-order valence-electron chi connectivity index (χ1n) is 6.17. The van der Waals surface area contributed by atoms with E-state index in [1.165, 1.54) is 19.4 Å². The van der Waals surface area contributed by atoms with Crippen molar-refractivity contribution in [3.05, 3.63) is 0 Å². The third-order valence-electron chi connectivity index (χ3n) is 3.43. The number of hydrogen-bond acceptors (Lipinski definition) is 3. The molecule has 0 radical (unpaired) electrons. The zero-order valence-electron chi connectivity index (χ0n) is 10.4. The van der Waals surface area contributed by atoms with Crippen LogP contribution in [0.2, 0.25) is 0 Å². The lowest BCUT2D eigenvalue weighted by atomic mass is 10.1. The minimum atomic E-state index is 0.233. The molecule has 0 spiro atoms.